The molecule has 0 atom stereocenters. The van der Waals surface area contributed by atoms with Gasteiger partial charge in [-0.3, -0.25) is 0 Å². The zero-order chi connectivity index (χ0) is 23.3. The number of benzene rings is 3. The van der Waals surface area contributed by atoms with E-state index in [0.29, 0.717) is 5.92 Å². The number of hydrogen-bond acceptors (Lipinski definition) is 3. The molecule has 0 aliphatic rings. The van der Waals surface area contributed by atoms with Crippen molar-refractivity contribution >= 4 is 55.7 Å². The van der Waals surface area contributed by atoms with Crippen LogP contribution < -0.4 is 5.19 Å². The van der Waals surface area contributed by atoms with Crippen molar-refractivity contribution in [2.45, 2.75) is 59.2 Å². The largest absolute Gasteiger partial charge is 0.235 e. The van der Waals surface area contributed by atoms with Gasteiger partial charge in [0.2, 0.25) is 0 Å². The van der Waals surface area contributed by atoms with Crippen molar-refractivity contribution in [3.63, 3.8) is 0 Å². The van der Waals surface area contributed by atoms with Gasteiger partial charge in [-0.15, -0.1) is 11.3 Å². The van der Waals surface area contributed by atoms with Crippen LogP contribution in [0.4, 0.5) is 0 Å². The monoisotopic (exact) mass is 468 g/mol. The van der Waals surface area contributed by atoms with Crippen molar-refractivity contribution in [3.05, 3.63) is 66.0 Å². The van der Waals surface area contributed by atoms with Crippen molar-refractivity contribution < 1.29 is 0 Å². The first kappa shape index (κ1) is 22.2. The van der Waals surface area contributed by atoms with E-state index in [1.165, 1.54) is 47.4 Å². The quantitative estimate of drug-likeness (QED) is 0.242. The number of hydrogen-bond donors (Lipinski definition) is 0. The Hall–Kier alpha value is -2.56. The zero-order valence-electron chi connectivity index (χ0n) is 20.5. The van der Waals surface area contributed by atoms with E-state index in [4.69, 9.17) is 9.97 Å². The van der Waals surface area contributed by atoms with Gasteiger partial charge in [0.05, 0.1) is 24.0 Å². The fourth-order valence-corrected chi connectivity index (χ4v) is 8.53. The highest BCUT2D eigenvalue weighted by Crippen LogP contribution is 2.41. The summed E-state index contributed by atoms with van der Waals surface area (Å²) < 4.78 is 2.57. The lowest BCUT2D eigenvalue weighted by atomic mass is 9.87. The Morgan fingerprint density at radius 2 is 1.64 bits per heavy atom. The molecule has 33 heavy (non-hydrogen) atoms. The molecular weight excluding hydrogens is 436 g/mol. The molecule has 3 aromatic carbocycles. The molecule has 0 bridgehead atoms. The molecule has 5 aromatic rings. The van der Waals surface area contributed by atoms with Crippen molar-refractivity contribution in [2.24, 2.45) is 0 Å². The van der Waals surface area contributed by atoms with Gasteiger partial charge in [-0.1, -0.05) is 75.1 Å². The molecule has 0 aliphatic carbocycles. The lowest BCUT2D eigenvalue weighted by Gasteiger charge is -2.19. The van der Waals surface area contributed by atoms with Crippen LogP contribution in [0.1, 0.15) is 43.7 Å². The number of thiophene rings is 1. The van der Waals surface area contributed by atoms with Gasteiger partial charge < -0.3 is 0 Å². The van der Waals surface area contributed by atoms with Crippen LogP contribution >= 0.6 is 11.3 Å². The Balaban J connectivity index is 1.80. The molecule has 0 saturated heterocycles. The minimum Gasteiger partial charge on any atom is -0.235 e. The first-order chi connectivity index (χ1) is 15.8. The lowest BCUT2D eigenvalue weighted by Crippen LogP contribution is -2.39. The molecule has 2 aromatic heterocycles. The van der Waals surface area contributed by atoms with Gasteiger partial charge >= 0.3 is 0 Å². The number of aryl methyl sites for hydroxylation is 1. The van der Waals surface area contributed by atoms with Gasteiger partial charge in [0.1, 0.15) is 6.33 Å². The molecule has 0 radical (unpaired) electrons. The van der Waals surface area contributed by atoms with Crippen LogP contribution in [-0.4, -0.2) is 18.0 Å². The van der Waals surface area contributed by atoms with E-state index in [0.717, 1.165) is 24.1 Å². The first-order valence-corrected chi connectivity index (χ1v) is 16.4. The van der Waals surface area contributed by atoms with E-state index < -0.39 is 8.07 Å². The Kier molecular flexibility index (Phi) is 5.62. The molecule has 0 amide bonds. The van der Waals surface area contributed by atoms with Crippen molar-refractivity contribution in [3.8, 4) is 11.3 Å². The van der Waals surface area contributed by atoms with Gasteiger partial charge in [-0.2, -0.15) is 0 Å². The Morgan fingerprint density at radius 1 is 0.879 bits per heavy atom. The molecule has 0 aliphatic heterocycles. The highest BCUT2D eigenvalue weighted by Gasteiger charge is 2.23. The molecule has 168 valence electrons. The highest BCUT2D eigenvalue weighted by atomic mass is 32.1. The summed E-state index contributed by atoms with van der Waals surface area (Å²) in [4.78, 5) is 9.59. The van der Waals surface area contributed by atoms with Crippen molar-refractivity contribution in [1.29, 1.82) is 0 Å². The zero-order valence-corrected chi connectivity index (χ0v) is 22.3. The van der Waals surface area contributed by atoms with E-state index >= 15 is 0 Å². The van der Waals surface area contributed by atoms with E-state index in [1.54, 1.807) is 6.33 Å². The lowest BCUT2D eigenvalue weighted by molar-refractivity contribution is 0.647. The summed E-state index contributed by atoms with van der Waals surface area (Å²) in [5.74, 6) is 0.552. The third-order valence-electron chi connectivity index (χ3n) is 7.07. The highest BCUT2D eigenvalue weighted by molar-refractivity contribution is 7.26. The third kappa shape index (κ3) is 3.70. The SMILES string of the molecule is CCC(CC)c1cc(-c2ncnc3c2sc2c(C)c([Si](C)(C)C)ccc23)cc2ccccc12. The second-order valence-electron chi connectivity index (χ2n) is 10.2. The van der Waals surface area contributed by atoms with Crippen LogP contribution in [0.5, 0.6) is 0 Å². The van der Waals surface area contributed by atoms with E-state index in [-0.39, 0.29) is 0 Å². The fourth-order valence-electron chi connectivity index (χ4n) is 5.34. The van der Waals surface area contributed by atoms with Gasteiger partial charge in [0.25, 0.3) is 0 Å². The average molecular weight is 469 g/mol. The normalized spacial score (nSPS) is 12.5. The van der Waals surface area contributed by atoms with E-state index in [2.05, 4.69) is 88.9 Å². The number of aromatic nitrogens is 2. The molecule has 0 fully saturated rings. The summed E-state index contributed by atoms with van der Waals surface area (Å²) in [5.41, 5.74) is 6.23. The van der Waals surface area contributed by atoms with Crippen molar-refractivity contribution in [1.82, 2.24) is 9.97 Å². The number of fused-ring (bicyclic) bond motifs is 4. The Labute approximate surface area is 201 Å². The summed E-state index contributed by atoms with van der Waals surface area (Å²) >= 11 is 1.87. The maximum Gasteiger partial charge on any atom is 0.116 e. The van der Waals surface area contributed by atoms with E-state index in [9.17, 15) is 0 Å². The second-order valence-corrected chi connectivity index (χ2v) is 16.2. The first-order valence-electron chi connectivity index (χ1n) is 12.0. The Morgan fingerprint density at radius 3 is 2.36 bits per heavy atom. The van der Waals surface area contributed by atoms with E-state index in [1.807, 2.05) is 11.3 Å². The number of rotatable bonds is 5. The minimum absolute atomic E-state index is 0.552. The van der Waals surface area contributed by atoms with Crippen LogP contribution in [0.2, 0.25) is 19.6 Å². The minimum atomic E-state index is -1.41. The molecular formula is C29H32N2SSi. The van der Waals surface area contributed by atoms with Crippen LogP contribution in [-0.2, 0) is 0 Å². The Bertz CT molecular complexity index is 1490. The molecule has 4 heteroatoms. The van der Waals surface area contributed by atoms with Gasteiger partial charge in [-0.05, 0) is 59.7 Å². The molecule has 2 nitrogen and oxygen atoms in total. The summed E-state index contributed by atoms with van der Waals surface area (Å²) in [6, 6.07) is 18.1. The summed E-state index contributed by atoms with van der Waals surface area (Å²) in [7, 11) is -1.41. The average Bonchev–Trinajstić information content (AvgIpc) is 3.19. The second kappa shape index (κ2) is 8.34. The maximum atomic E-state index is 4.84. The summed E-state index contributed by atoms with van der Waals surface area (Å²) in [6.07, 6.45) is 4.03. The van der Waals surface area contributed by atoms with Gasteiger partial charge in [0, 0.05) is 15.6 Å². The van der Waals surface area contributed by atoms with Crippen LogP contribution in [0.3, 0.4) is 0 Å². The number of nitrogens with zero attached hydrogens (tertiary/aromatic N) is 2. The molecule has 2 heterocycles. The topological polar surface area (TPSA) is 25.8 Å². The maximum absolute atomic E-state index is 4.84. The van der Waals surface area contributed by atoms with Crippen LogP contribution in [0, 0.1) is 6.92 Å². The predicted molar refractivity (Wildman–Crippen MR) is 149 cm³/mol. The van der Waals surface area contributed by atoms with Gasteiger partial charge in [-0.25, -0.2) is 9.97 Å². The van der Waals surface area contributed by atoms with Gasteiger partial charge in [0.15, 0.2) is 0 Å². The smallest absolute Gasteiger partial charge is 0.116 e. The van der Waals surface area contributed by atoms with Crippen LogP contribution in [0.15, 0.2) is 54.9 Å². The molecule has 0 saturated carbocycles. The third-order valence-corrected chi connectivity index (χ3v) is 10.5. The molecule has 5 rings (SSSR count). The fraction of sp³-hybridized carbons (Fsp3) is 0.310. The molecule has 0 unspecified atom stereocenters. The summed E-state index contributed by atoms with van der Waals surface area (Å²) in [5, 5.41) is 5.46. The molecule has 0 spiro atoms. The van der Waals surface area contributed by atoms with Crippen molar-refractivity contribution in [2.75, 3.05) is 0 Å². The predicted octanol–water partition coefficient (Wildman–Crippen LogP) is 8.42. The summed E-state index contributed by atoms with van der Waals surface area (Å²) in [6.45, 7) is 14.2. The standard InChI is InChI=1S/C29H32N2SSi/c1-7-19(8-2)24-16-21(15-20-11-9-10-12-22(20)24)26-29-27(31-17-30-26)23-13-14-25(33(4,5)6)18(3)28(23)32-29/h9-17,19H,7-8H2,1-6H3. The van der Waals surface area contributed by atoms with Crippen LogP contribution in [0.25, 0.3) is 42.3 Å². The molecule has 0 N–H and O–H groups in total.